The molecule has 0 heterocycles. The van der Waals surface area contributed by atoms with E-state index in [9.17, 15) is 0 Å². The number of benzene rings is 4. The Labute approximate surface area is 201 Å². The van der Waals surface area contributed by atoms with Gasteiger partial charge in [-0.2, -0.15) is 0 Å². The number of methoxy groups -OCH3 is 2. The molecule has 0 spiro atoms. The van der Waals surface area contributed by atoms with Gasteiger partial charge in [0.15, 0.2) is 13.6 Å². The number of anilines is 2. The Balaban J connectivity index is 2.06. The highest BCUT2D eigenvalue weighted by Crippen LogP contribution is 2.46. The van der Waals surface area contributed by atoms with Crippen molar-refractivity contribution in [1.29, 1.82) is 0 Å². The van der Waals surface area contributed by atoms with Crippen molar-refractivity contribution in [2.24, 2.45) is 0 Å². The van der Waals surface area contributed by atoms with E-state index in [0.717, 1.165) is 55.5 Å². The number of nitrogens with zero attached hydrogens (tertiary/aromatic N) is 2. The topological polar surface area (TPSA) is 43.4 Å². The lowest BCUT2D eigenvalue weighted by Crippen LogP contribution is -2.08. The summed E-state index contributed by atoms with van der Waals surface area (Å²) < 4.78 is 22.6. The molecule has 0 radical (unpaired) electrons. The van der Waals surface area contributed by atoms with Gasteiger partial charge in [0, 0.05) is 64.9 Å². The van der Waals surface area contributed by atoms with Crippen LogP contribution in [0.3, 0.4) is 0 Å². The summed E-state index contributed by atoms with van der Waals surface area (Å²) in [6.45, 7) is 0.302. The molecule has 6 nitrogen and oxygen atoms in total. The largest absolute Gasteiger partial charge is 0.467 e. The summed E-state index contributed by atoms with van der Waals surface area (Å²) in [5.41, 5.74) is 4.20. The second-order valence-electron chi connectivity index (χ2n) is 8.58. The molecule has 0 fully saturated rings. The van der Waals surface area contributed by atoms with Gasteiger partial charge in [-0.1, -0.05) is 24.3 Å². The average Bonchev–Trinajstić information content (AvgIpc) is 2.84. The first-order valence-corrected chi connectivity index (χ1v) is 11.2. The standard InChI is InChI=1S/C28H32N2O4/c1-29(2)21-9-11-23-19(15-21)7-13-25(33-17-31-5)27(23)28-24-12-10-22(30(3)4)16-20(24)8-14-26(28)34-18-32-6/h7-16H,17-18H2,1-6H3. The van der Waals surface area contributed by atoms with E-state index < -0.39 is 0 Å². The number of rotatable bonds is 9. The molecule has 4 rings (SSSR count). The summed E-state index contributed by atoms with van der Waals surface area (Å²) in [7, 11) is 11.4. The Morgan fingerprint density at radius 3 is 1.32 bits per heavy atom. The lowest BCUT2D eigenvalue weighted by molar-refractivity contribution is 0.0502. The maximum Gasteiger partial charge on any atom is 0.188 e. The predicted octanol–water partition coefficient (Wildman–Crippen LogP) is 5.76. The SMILES string of the molecule is COCOc1ccc2cc(N(C)C)ccc2c1-c1c(OCOC)ccc2cc(N(C)C)ccc12. The maximum atomic E-state index is 6.07. The minimum Gasteiger partial charge on any atom is -0.467 e. The van der Waals surface area contributed by atoms with Crippen LogP contribution in [0, 0.1) is 0 Å². The molecule has 178 valence electrons. The van der Waals surface area contributed by atoms with Crippen LogP contribution in [0.4, 0.5) is 11.4 Å². The van der Waals surface area contributed by atoms with Gasteiger partial charge in [0.2, 0.25) is 0 Å². The smallest absolute Gasteiger partial charge is 0.188 e. The van der Waals surface area contributed by atoms with Crippen LogP contribution >= 0.6 is 0 Å². The first kappa shape index (κ1) is 23.7. The summed E-state index contributed by atoms with van der Waals surface area (Å²) in [5, 5.41) is 4.38. The molecule has 4 aromatic rings. The summed E-state index contributed by atoms with van der Waals surface area (Å²) in [6, 6.07) is 21.1. The van der Waals surface area contributed by atoms with Crippen molar-refractivity contribution < 1.29 is 18.9 Å². The molecule has 0 N–H and O–H groups in total. The van der Waals surface area contributed by atoms with Crippen LogP contribution < -0.4 is 19.3 Å². The zero-order valence-electron chi connectivity index (χ0n) is 20.7. The third-order valence-corrected chi connectivity index (χ3v) is 5.88. The number of ether oxygens (including phenoxy) is 4. The van der Waals surface area contributed by atoms with Crippen molar-refractivity contribution in [1.82, 2.24) is 0 Å². The Hall–Kier alpha value is -3.48. The van der Waals surface area contributed by atoms with Gasteiger partial charge in [-0.25, -0.2) is 0 Å². The molecular weight excluding hydrogens is 428 g/mol. The summed E-state index contributed by atoms with van der Waals surface area (Å²) in [4.78, 5) is 4.20. The van der Waals surface area contributed by atoms with Crippen LogP contribution in [0.5, 0.6) is 11.5 Å². The highest BCUT2D eigenvalue weighted by Gasteiger charge is 2.20. The molecule has 6 heteroatoms. The van der Waals surface area contributed by atoms with Gasteiger partial charge in [0.05, 0.1) is 0 Å². The van der Waals surface area contributed by atoms with Crippen molar-refractivity contribution >= 4 is 32.9 Å². The van der Waals surface area contributed by atoms with Crippen LogP contribution in [-0.2, 0) is 9.47 Å². The van der Waals surface area contributed by atoms with Crippen molar-refractivity contribution in [3.63, 3.8) is 0 Å². The minimum atomic E-state index is 0.151. The molecule has 0 atom stereocenters. The molecule has 0 aliphatic rings. The lowest BCUT2D eigenvalue weighted by Gasteiger charge is -2.21. The van der Waals surface area contributed by atoms with Gasteiger partial charge in [0.1, 0.15) is 11.5 Å². The summed E-state index contributed by atoms with van der Waals surface area (Å²) in [5.74, 6) is 1.47. The van der Waals surface area contributed by atoms with Crippen molar-refractivity contribution in [3.05, 3.63) is 60.7 Å². The molecule has 34 heavy (non-hydrogen) atoms. The molecule has 0 aromatic heterocycles. The first-order chi connectivity index (χ1) is 16.4. The van der Waals surface area contributed by atoms with E-state index in [4.69, 9.17) is 18.9 Å². The zero-order valence-corrected chi connectivity index (χ0v) is 20.7. The number of fused-ring (bicyclic) bond motifs is 2. The Kier molecular flexibility index (Phi) is 7.10. The Morgan fingerprint density at radius 2 is 0.971 bits per heavy atom. The molecule has 0 saturated heterocycles. The van der Waals surface area contributed by atoms with E-state index in [1.807, 2.05) is 40.3 Å². The van der Waals surface area contributed by atoms with Crippen molar-refractivity contribution in [2.45, 2.75) is 0 Å². The van der Waals surface area contributed by atoms with Crippen LogP contribution in [0.25, 0.3) is 32.7 Å². The highest BCUT2D eigenvalue weighted by molar-refractivity contribution is 6.10. The molecular formula is C28H32N2O4. The third-order valence-electron chi connectivity index (χ3n) is 5.88. The molecule has 0 saturated carbocycles. The second-order valence-corrected chi connectivity index (χ2v) is 8.58. The normalized spacial score (nSPS) is 11.1. The van der Waals surface area contributed by atoms with Crippen LogP contribution in [0.2, 0.25) is 0 Å². The fourth-order valence-electron chi connectivity index (χ4n) is 4.15. The number of hydrogen-bond donors (Lipinski definition) is 0. The monoisotopic (exact) mass is 460 g/mol. The molecule has 0 amide bonds. The Morgan fingerprint density at radius 1 is 0.559 bits per heavy atom. The van der Waals surface area contributed by atoms with E-state index in [1.54, 1.807) is 14.2 Å². The van der Waals surface area contributed by atoms with Gasteiger partial charge in [-0.3, -0.25) is 0 Å². The van der Waals surface area contributed by atoms with Crippen molar-refractivity contribution in [3.8, 4) is 22.6 Å². The zero-order chi connectivity index (χ0) is 24.2. The molecule has 0 unspecified atom stereocenters. The van der Waals surface area contributed by atoms with E-state index in [0.29, 0.717) is 0 Å². The lowest BCUT2D eigenvalue weighted by atomic mass is 9.91. The van der Waals surface area contributed by atoms with E-state index >= 15 is 0 Å². The molecule has 0 aliphatic carbocycles. The van der Waals surface area contributed by atoms with E-state index in [1.165, 1.54) is 0 Å². The maximum absolute atomic E-state index is 6.07. The molecule has 0 aliphatic heterocycles. The second kappa shape index (κ2) is 10.2. The average molecular weight is 461 g/mol. The third kappa shape index (κ3) is 4.60. The molecule has 4 aromatic carbocycles. The van der Waals surface area contributed by atoms with Gasteiger partial charge in [-0.05, 0) is 57.9 Å². The van der Waals surface area contributed by atoms with Crippen LogP contribution in [0.15, 0.2) is 60.7 Å². The van der Waals surface area contributed by atoms with Crippen LogP contribution in [0.1, 0.15) is 0 Å². The minimum absolute atomic E-state index is 0.151. The van der Waals surface area contributed by atoms with Gasteiger partial charge in [-0.15, -0.1) is 0 Å². The van der Waals surface area contributed by atoms with Gasteiger partial charge < -0.3 is 28.7 Å². The Bertz CT molecular complexity index is 1200. The van der Waals surface area contributed by atoms with Crippen molar-refractivity contribution in [2.75, 3.05) is 65.8 Å². The van der Waals surface area contributed by atoms with Gasteiger partial charge in [0.25, 0.3) is 0 Å². The first-order valence-electron chi connectivity index (χ1n) is 11.2. The fraction of sp³-hybridized carbons (Fsp3) is 0.286. The number of hydrogen-bond acceptors (Lipinski definition) is 6. The summed E-state index contributed by atoms with van der Waals surface area (Å²) >= 11 is 0. The fourth-order valence-corrected chi connectivity index (χ4v) is 4.15. The highest BCUT2D eigenvalue weighted by atomic mass is 16.7. The van der Waals surface area contributed by atoms with Gasteiger partial charge >= 0.3 is 0 Å². The molecule has 0 bridgehead atoms. The quantitative estimate of drug-likeness (QED) is 0.296. The van der Waals surface area contributed by atoms with E-state index in [-0.39, 0.29) is 13.6 Å². The van der Waals surface area contributed by atoms with Crippen LogP contribution in [-0.4, -0.2) is 56.0 Å². The van der Waals surface area contributed by atoms with E-state index in [2.05, 4.69) is 58.3 Å². The predicted molar refractivity (Wildman–Crippen MR) is 141 cm³/mol. The summed E-state index contributed by atoms with van der Waals surface area (Å²) in [6.07, 6.45) is 0.